The molecular weight excluding hydrogens is 303 g/mol. The maximum absolute atomic E-state index is 14.3. The van der Waals surface area contributed by atoms with Crippen molar-refractivity contribution in [3.63, 3.8) is 0 Å². The molecule has 3 heterocycles. The smallest absolute Gasteiger partial charge is 0.262 e. The number of carbonyl (C=O) groups excluding carboxylic acids is 1. The number of halogens is 1. The van der Waals surface area contributed by atoms with Gasteiger partial charge in [-0.1, -0.05) is 0 Å². The van der Waals surface area contributed by atoms with Crippen molar-refractivity contribution in [3.05, 3.63) is 17.9 Å². The van der Waals surface area contributed by atoms with E-state index in [1.165, 1.54) is 6.07 Å². The molecule has 3 aliphatic heterocycles. The monoisotopic (exact) mass is 320 g/mol. The second kappa shape index (κ2) is 4.82. The highest BCUT2D eigenvalue weighted by atomic mass is 19.1. The van der Waals surface area contributed by atoms with E-state index in [1.807, 2.05) is 6.92 Å². The fourth-order valence-corrected chi connectivity index (χ4v) is 2.92. The summed E-state index contributed by atoms with van der Waals surface area (Å²) in [7, 11) is 0. The number of carbonyl (C=O) groups is 1. The van der Waals surface area contributed by atoms with Gasteiger partial charge in [-0.15, -0.1) is 0 Å². The lowest BCUT2D eigenvalue weighted by Gasteiger charge is -2.41. The average molecular weight is 320 g/mol. The van der Waals surface area contributed by atoms with E-state index >= 15 is 0 Å². The topological polar surface area (TPSA) is 75.2 Å². The average Bonchev–Trinajstić information content (AvgIpc) is 2.50. The van der Waals surface area contributed by atoms with Crippen LogP contribution in [0.2, 0.25) is 0 Å². The fourth-order valence-electron chi connectivity index (χ4n) is 2.92. The Hall–Kier alpha value is -2.35. The fraction of sp³-hybridized carbons (Fsp3) is 0.467. The molecule has 7 nitrogen and oxygen atoms in total. The number of amidine groups is 1. The summed E-state index contributed by atoms with van der Waals surface area (Å²) in [6.07, 6.45) is 0. The Morgan fingerprint density at radius 1 is 1.48 bits per heavy atom. The van der Waals surface area contributed by atoms with Crippen molar-refractivity contribution in [2.75, 3.05) is 24.6 Å². The van der Waals surface area contributed by atoms with Gasteiger partial charge in [0, 0.05) is 25.2 Å². The van der Waals surface area contributed by atoms with Crippen molar-refractivity contribution in [1.82, 2.24) is 10.7 Å². The highest BCUT2D eigenvalue weighted by molar-refractivity contribution is 6.09. The van der Waals surface area contributed by atoms with Gasteiger partial charge in [-0.05, 0) is 13.8 Å². The van der Waals surface area contributed by atoms with Crippen LogP contribution in [0.5, 0.6) is 11.5 Å². The minimum atomic E-state index is -0.480. The summed E-state index contributed by atoms with van der Waals surface area (Å²) in [6, 6.07) is 2.43. The molecule has 1 aromatic carbocycles. The number of nitrogens with zero attached hydrogens (tertiary/aromatic N) is 2. The highest BCUT2D eigenvalue weighted by Crippen LogP contribution is 2.40. The first kappa shape index (κ1) is 14.3. The number of anilines is 1. The molecule has 1 amide bonds. The predicted molar refractivity (Wildman–Crippen MR) is 81.3 cm³/mol. The normalized spacial score (nSPS) is 24.5. The van der Waals surface area contributed by atoms with Gasteiger partial charge in [0.05, 0.1) is 5.69 Å². The summed E-state index contributed by atoms with van der Waals surface area (Å²) in [4.78, 5) is 13.6. The summed E-state index contributed by atoms with van der Waals surface area (Å²) in [5.41, 5.74) is 2.62. The molecule has 0 bridgehead atoms. The number of fused-ring (bicyclic) bond motifs is 3. The second-order valence-corrected chi connectivity index (χ2v) is 6.24. The van der Waals surface area contributed by atoms with Gasteiger partial charge in [0.25, 0.3) is 5.91 Å². The number of hydrazone groups is 1. The van der Waals surface area contributed by atoms with Crippen LogP contribution in [0.3, 0.4) is 0 Å². The minimum absolute atomic E-state index is 0.149. The van der Waals surface area contributed by atoms with E-state index in [-0.39, 0.29) is 18.3 Å². The van der Waals surface area contributed by atoms with Gasteiger partial charge in [0.2, 0.25) is 0 Å². The predicted octanol–water partition coefficient (Wildman–Crippen LogP) is 0.597. The quantitative estimate of drug-likeness (QED) is 0.834. The molecule has 0 aromatic heterocycles. The van der Waals surface area contributed by atoms with E-state index in [0.29, 0.717) is 30.4 Å². The van der Waals surface area contributed by atoms with Gasteiger partial charge >= 0.3 is 0 Å². The Kier molecular flexibility index (Phi) is 2.99. The molecule has 0 radical (unpaired) electrons. The Morgan fingerprint density at radius 2 is 2.26 bits per heavy atom. The molecule has 23 heavy (non-hydrogen) atoms. The molecule has 1 unspecified atom stereocenters. The van der Waals surface area contributed by atoms with E-state index in [2.05, 4.69) is 15.8 Å². The van der Waals surface area contributed by atoms with Gasteiger partial charge in [-0.3, -0.25) is 4.79 Å². The molecule has 3 aliphatic rings. The summed E-state index contributed by atoms with van der Waals surface area (Å²) >= 11 is 0. The van der Waals surface area contributed by atoms with Gasteiger partial charge in [0.15, 0.2) is 17.4 Å². The van der Waals surface area contributed by atoms with Crippen LogP contribution in [0.15, 0.2) is 17.2 Å². The number of nitrogens with one attached hydrogen (secondary N) is 2. The first-order chi connectivity index (χ1) is 11.0. The molecule has 4 rings (SSSR count). The van der Waals surface area contributed by atoms with E-state index < -0.39 is 17.5 Å². The molecule has 8 heteroatoms. The molecule has 0 saturated carbocycles. The van der Waals surface area contributed by atoms with Crippen LogP contribution in [0.4, 0.5) is 10.1 Å². The van der Waals surface area contributed by atoms with Crippen molar-refractivity contribution in [3.8, 4) is 11.5 Å². The standard InChI is InChI=1S/C15H17FN4O3/c1-8-14(21)19-18-13-5-22-12-3-9(16)11(4-10(12)20(8)13)23-15(2)6-17-7-15/h3-4,8,17H,5-7H2,1-2H3,(H,19,21). The highest BCUT2D eigenvalue weighted by Gasteiger charge is 2.38. The lowest BCUT2D eigenvalue weighted by molar-refractivity contribution is -0.122. The second-order valence-electron chi connectivity index (χ2n) is 6.24. The molecule has 1 fully saturated rings. The van der Waals surface area contributed by atoms with Gasteiger partial charge in [-0.25, -0.2) is 9.82 Å². The van der Waals surface area contributed by atoms with Crippen LogP contribution in [-0.2, 0) is 4.79 Å². The Labute approximate surface area is 132 Å². The summed E-state index contributed by atoms with van der Waals surface area (Å²) in [6.45, 7) is 5.19. The largest absolute Gasteiger partial charge is 0.483 e. The van der Waals surface area contributed by atoms with Crippen LogP contribution in [0.25, 0.3) is 0 Å². The molecule has 1 saturated heterocycles. The SMILES string of the molecule is CC1C(=O)NN=C2COc3cc(F)c(OC4(C)CNC4)cc3N21. The van der Waals surface area contributed by atoms with Gasteiger partial charge in [-0.2, -0.15) is 5.10 Å². The van der Waals surface area contributed by atoms with Gasteiger partial charge in [0.1, 0.15) is 24.0 Å². The Bertz CT molecular complexity index is 717. The van der Waals surface area contributed by atoms with Crippen LogP contribution < -0.4 is 25.1 Å². The number of rotatable bonds is 2. The van der Waals surface area contributed by atoms with Crippen molar-refractivity contribution < 1.29 is 18.7 Å². The summed E-state index contributed by atoms with van der Waals surface area (Å²) in [5.74, 6) is 0.414. The Morgan fingerprint density at radius 3 is 2.96 bits per heavy atom. The summed E-state index contributed by atoms with van der Waals surface area (Å²) in [5, 5.41) is 7.12. The molecule has 0 spiro atoms. The van der Waals surface area contributed by atoms with Crippen molar-refractivity contribution in [2.24, 2.45) is 5.10 Å². The molecule has 0 aliphatic carbocycles. The maximum Gasteiger partial charge on any atom is 0.262 e. The summed E-state index contributed by atoms with van der Waals surface area (Å²) < 4.78 is 25.7. The molecule has 122 valence electrons. The van der Waals surface area contributed by atoms with Gasteiger partial charge < -0.3 is 19.7 Å². The lowest BCUT2D eigenvalue weighted by Crippen LogP contribution is -2.61. The molecular formula is C15H17FN4O3. The minimum Gasteiger partial charge on any atom is -0.483 e. The molecule has 2 N–H and O–H groups in total. The zero-order valence-corrected chi connectivity index (χ0v) is 12.9. The third kappa shape index (κ3) is 2.21. The van der Waals surface area contributed by atoms with Crippen molar-refractivity contribution in [2.45, 2.75) is 25.5 Å². The number of benzene rings is 1. The Balaban J connectivity index is 1.75. The van der Waals surface area contributed by atoms with Crippen molar-refractivity contribution >= 4 is 17.4 Å². The zero-order valence-electron chi connectivity index (χ0n) is 12.9. The first-order valence-electron chi connectivity index (χ1n) is 7.49. The number of hydrogen-bond acceptors (Lipinski definition) is 6. The number of hydrogen-bond donors (Lipinski definition) is 2. The number of amides is 1. The number of ether oxygens (including phenoxy) is 2. The van der Waals surface area contributed by atoms with E-state index in [9.17, 15) is 9.18 Å². The maximum atomic E-state index is 14.3. The third-order valence-corrected chi connectivity index (χ3v) is 4.32. The van der Waals surface area contributed by atoms with Crippen molar-refractivity contribution in [1.29, 1.82) is 0 Å². The van der Waals surface area contributed by atoms with E-state index in [4.69, 9.17) is 9.47 Å². The van der Waals surface area contributed by atoms with Crippen LogP contribution in [0.1, 0.15) is 13.8 Å². The molecule has 1 aromatic rings. The molecule has 1 atom stereocenters. The first-order valence-corrected chi connectivity index (χ1v) is 7.49. The van der Waals surface area contributed by atoms with Crippen LogP contribution in [-0.4, -0.2) is 43.1 Å². The van der Waals surface area contributed by atoms with E-state index in [0.717, 1.165) is 0 Å². The van der Waals surface area contributed by atoms with Crippen LogP contribution in [0, 0.1) is 5.82 Å². The lowest BCUT2D eigenvalue weighted by atomic mass is 10.00. The van der Waals surface area contributed by atoms with Crippen LogP contribution >= 0.6 is 0 Å². The third-order valence-electron chi connectivity index (χ3n) is 4.32. The zero-order chi connectivity index (χ0) is 16.2. The van der Waals surface area contributed by atoms with E-state index in [1.54, 1.807) is 17.9 Å².